The fourth-order valence-electron chi connectivity index (χ4n) is 1.46. The predicted molar refractivity (Wildman–Crippen MR) is 62.4 cm³/mol. The Balaban J connectivity index is 2.68. The van der Waals surface area contributed by atoms with Crippen molar-refractivity contribution in [1.29, 1.82) is 0 Å². The molecule has 0 saturated heterocycles. The molecule has 0 atom stereocenters. The van der Waals surface area contributed by atoms with Crippen molar-refractivity contribution in [3.8, 4) is 0 Å². The molecule has 8 heteroatoms. The second-order valence-electron chi connectivity index (χ2n) is 3.86. The van der Waals surface area contributed by atoms with E-state index in [-0.39, 0.29) is 6.54 Å². The SMILES string of the molecule is CN(Cc1ccco1)C(=O)N(CC(=O)O)CC(=O)O. The van der Waals surface area contributed by atoms with Gasteiger partial charge in [-0.2, -0.15) is 0 Å². The van der Waals surface area contributed by atoms with E-state index in [9.17, 15) is 14.4 Å². The Hall–Kier alpha value is -2.51. The molecular formula is C11H14N2O6. The highest BCUT2D eigenvalue weighted by Crippen LogP contribution is 2.06. The Morgan fingerprint density at radius 3 is 2.21 bits per heavy atom. The molecular weight excluding hydrogens is 256 g/mol. The molecule has 2 N–H and O–H groups in total. The number of carbonyl (C=O) groups excluding carboxylic acids is 1. The van der Waals surface area contributed by atoms with Gasteiger partial charge in [0.15, 0.2) is 0 Å². The van der Waals surface area contributed by atoms with Crippen LogP contribution in [-0.4, -0.2) is 58.1 Å². The number of urea groups is 1. The molecule has 0 aliphatic rings. The third kappa shape index (κ3) is 4.70. The van der Waals surface area contributed by atoms with Crippen molar-refractivity contribution in [2.75, 3.05) is 20.1 Å². The van der Waals surface area contributed by atoms with Crippen molar-refractivity contribution < 1.29 is 29.0 Å². The first-order valence-corrected chi connectivity index (χ1v) is 5.36. The lowest BCUT2D eigenvalue weighted by Crippen LogP contribution is -2.45. The summed E-state index contributed by atoms with van der Waals surface area (Å²) in [4.78, 5) is 35.1. The molecule has 0 aliphatic carbocycles. The highest BCUT2D eigenvalue weighted by atomic mass is 16.4. The van der Waals surface area contributed by atoms with Gasteiger partial charge in [-0.25, -0.2) is 4.79 Å². The van der Waals surface area contributed by atoms with E-state index in [0.29, 0.717) is 5.76 Å². The van der Waals surface area contributed by atoms with Gasteiger partial charge in [0.1, 0.15) is 18.8 Å². The normalized spacial score (nSPS) is 9.95. The summed E-state index contributed by atoms with van der Waals surface area (Å²) in [5, 5.41) is 17.3. The van der Waals surface area contributed by atoms with Gasteiger partial charge in [0.25, 0.3) is 0 Å². The summed E-state index contributed by atoms with van der Waals surface area (Å²) in [5.41, 5.74) is 0. The molecule has 0 bridgehead atoms. The molecule has 1 aromatic rings. The molecule has 1 aromatic heterocycles. The van der Waals surface area contributed by atoms with Crippen molar-refractivity contribution in [2.45, 2.75) is 6.54 Å². The number of hydrogen-bond acceptors (Lipinski definition) is 4. The first-order chi connectivity index (χ1) is 8.90. The fourth-order valence-corrected chi connectivity index (χ4v) is 1.46. The van der Waals surface area contributed by atoms with Crippen LogP contribution in [0.3, 0.4) is 0 Å². The number of amides is 2. The van der Waals surface area contributed by atoms with Gasteiger partial charge in [-0.05, 0) is 12.1 Å². The lowest BCUT2D eigenvalue weighted by atomic mass is 10.4. The summed E-state index contributed by atoms with van der Waals surface area (Å²) >= 11 is 0. The number of aliphatic carboxylic acids is 2. The van der Waals surface area contributed by atoms with E-state index in [1.807, 2.05) is 0 Å². The lowest BCUT2D eigenvalue weighted by molar-refractivity contribution is -0.140. The zero-order chi connectivity index (χ0) is 14.4. The van der Waals surface area contributed by atoms with Crippen LogP contribution in [0, 0.1) is 0 Å². The molecule has 0 unspecified atom stereocenters. The smallest absolute Gasteiger partial charge is 0.323 e. The van der Waals surface area contributed by atoms with Crippen LogP contribution in [0.15, 0.2) is 22.8 Å². The van der Waals surface area contributed by atoms with Crippen LogP contribution in [0.2, 0.25) is 0 Å². The average molecular weight is 270 g/mol. The standard InChI is InChI=1S/C11H14N2O6/c1-12(5-8-3-2-4-19-8)11(18)13(6-9(14)15)7-10(16)17/h2-4H,5-7H2,1H3,(H,14,15)(H,16,17). The molecule has 0 aliphatic heterocycles. The topological polar surface area (TPSA) is 111 Å². The van der Waals surface area contributed by atoms with Gasteiger partial charge in [0.05, 0.1) is 12.8 Å². The second-order valence-corrected chi connectivity index (χ2v) is 3.86. The summed E-state index contributed by atoms with van der Waals surface area (Å²) in [6, 6.07) is 2.61. The Bertz CT molecular complexity index is 440. The Kier molecular flexibility index (Phi) is 4.92. The number of hydrogen-bond donors (Lipinski definition) is 2. The summed E-state index contributed by atoms with van der Waals surface area (Å²) in [6.07, 6.45) is 1.44. The third-order valence-corrected chi connectivity index (χ3v) is 2.22. The molecule has 19 heavy (non-hydrogen) atoms. The maximum Gasteiger partial charge on any atom is 0.323 e. The molecule has 0 fully saturated rings. The van der Waals surface area contributed by atoms with Crippen molar-refractivity contribution in [2.24, 2.45) is 0 Å². The molecule has 104 valence electrons. The first-order valence-electron chi connectivity index (χ1n) is 5.36. The summed E-state index contributed by atoms with van der Waals surface area (Å²) < 4.78 is 5.05. The minimum atomic E-state index is -1.28. The maximum atomic E-state index is 11.9. The van der Waals surface area contributed by atoms with Gasteiger partial charge < -0.3 is 24.4 Å². The van der Waals surface area contributed by atoms with E-state index in [0.717, 1.165) is 4.90 Å². The van der Waals surface area contributed by atoms with Crippen molar-refractivity contribution in [1.82, 2.24) is 9.80 Å². The van der Waals surface area contributed by atoms with Gasteiger partial charge in [-0.3, -0.25) is 9.59 Å². The third-order valence-electron chi connectivity index (χ3n) is 2.22. The molecule has 1 heterocycles. The van der Waals surface area contributed by atoms with Crippen molar-refractivity contribution >= 4 is 18.0 Å². The highest BCUT2D eigenvalue weighted by molar-refractivity contribution is 5.83. The quantitative estimate of drug-likeness (QED) is 0.769. The van der Waals surface area contributed by atoms with Gasteiger partial charge in [-0.15, -0.1) is 0 Å². The molecule has 0 saturated carbocycles. The van der Waals surface area contributed by atoms with Crippen LogP contribution in [0.4, 0.5) is 4.79 Å². The van der Waals surface area contributed by atoms with Gasteiger partial charge in [0.2, 0.25) is 0 Å². The molecule has 1 rings (SSSR count). The molecule has 2 amide bonds. The van der Waals surface area contributed by atoms with E-state index in [1.54, 1.807) is 12.1 Å². The van der Waals surface area contributed by atoms with E-state index in [1.165, 1.54) is 18.2 Å². The van der Waals surface area contributed by atoms with Gasteiger partial charge >= 0.3 is 18.0 Å². The van der Waals surface area contributed by atoms with E-state index in [2.05, 4.69) is 0 Å². The van der Waals surface area contributed by atoms with Crippen LogP contribution < -0.4 is 0 Å². The molecule has 8 nitrogen and oxygen atoms in total. The number of carboxylic acids is 2. The summed E-state index contributed by atoms with van der Waals surface area (Å²) in [6.45, 7) is -1.22. The average Bonchev–Trinajstić information content (AvgIpc) is 2.78. The molecule has 0 radical (unpaired) electrons. The Morgan fingerprint density at radius 1 is 1.21 bits per heavy atom. The monoisotopic (exact) mass is 270 g/mol. The van der Waals surface area contributed by atoms with Crippen LogP contribution in [0.1, 0.15) is 5.76 Å². The maximum absolute atomic E-state index is 11.9. The van der Waals surface area contributed by atoms with Gasteiger partial charge in [0, 0.05) is 7.05 Å². The summed E-state index contributed by atoms with van der Waals surface area (Å²) in [7, 11) is 1.43. The Labute approximate surface area is 108 Å². The fraction of sp³-hybridized carbons (Fsp3) is 0.364. The minimum Gasteiger partial charge on any atom is -0.480 e. The van der Waals surface area contributed by atoms with Crippen LogP contribution in [-0.2, 0) is 16.1 Å². The zero-order valence-electron chi connectivity index (χ0n) is 10.3. The molecule has 0 aromatic carbocycles. The predicted octanol–water partition coefficient (Wildman–Crippen LogP) is 0.303. The van der Waals surface area contributed by atoms with Crippen LogP contribution >= 0.6 is 0 Å². The summed E-state index contributed by atoms with van der Waals surface area (Å²) in [5.74, 6) is -2.04. The van der Waals surface area contributed by atoms with Gasteiger partial charge in [-0.1, -0.05) is 0 Å². The number of nitrogens with zero attached hydrogens (tertiary/aromatic N) is 2. The van der Waals surface area contributed by atoms with E-state index >= 15 is 0 Å². The van der Waals surface area contributed by atoms with Crippen molar-refractivity contribution in [3.63, 3.8) is 0 Å². The highest BCUT2D eigenvalue weighted by Gasteiger charge is 2.23. The van der Waals surface area contributed by atoms with E-state index < -0.39 is 31.1 Å². The first kappa shape index (κ1) is 14.6. The van der Waals surface area contributed by atoms with Crippen LogP contribution in [0.5, 0.6) is 0 Å². The largest absolute Gasteiger partial charge is 0.480 e. The Morgan fingerprint density at radius 2 is 1.79 bits per heavy atom. The number of carboxylic acid groups (broad SMARTS) is 2. The second kappa shape index (κ2) is 6.43. The van der Waals surface area contributed by atoms with E-state index in [4.69, 9.17) is 14.6 Å². The number of furan rings is 1. The zero-order valence-corrected chi connectivity index (χ0v) is 10.3. The minimum absolute atomic E-state index is 0.127. The number of carbonyl (C=O) groups is 3. The molecule has 0 spiro atoms. The lowest BCUT2D eigenvalue weighted by Gasteiger charge is -2.25. The number of rotatable bonds is 6. The van der Waals surface area contributed by atoms with Crippen molar-refractivity contribution in [3.05, 3.63) is 24.2 Å². The van der Waals surface area contributed by atoms with Crippen LogP contribution in [0.25, 0.3) is 0 Å².